The molecule has 1 aromatic rings. The van der Waals surface area contributed by atoms with E-state index in [0.717, 1.165) is 12.8 Å². The molecule has 1 unspecified atom stereocenters. The molecule has 0 aliphatic heterocycles. The van der Waals surface area contributed by atoms with E-state index in [2.05, 4.69) is 22.8 Å². The number of amides is 1. The second-order valence-electron chi connectivity index (χ2n) is 4.68. The molecule has 5 heteroatoms. The Labute approximate surface area is 119 Å². The lowest BCUT2D eigenvalue weighted by Crippen LogP contribution is -2.41. The Morgan fingerprint density at radius 2 is 2.33 bits per heavy atom. The first-order chi connectivity index (χ1) is 8.29. The molecule has 1 atom stereocenters. The van der Waals surface area contributed by atoms with Gasteiger partial charge in [-0.05, 0) is 43.0 Å². The first kappa shape index (κ1) is 15.5. The number of carbonyl (C=O) groups excluding carboxylic acids is 1. The maximum absolute atomic E-state index is 11.7. The summed E-state index contributed by atoms with van der Waals surface area (Å²) in [4.78, 5) is 13.1. The Morgan fingerprint density at radius 1 is 1.56 bits per heavy atom. The molecule has 3 N–H and O–H groups in total. The number of nitrogens with one attached hydrogen (secondary N) is 1. The van der Waals surface area contributed by atoms with Crippen molar-refractivity contribution in [2.24, 2.45) is 11.7 Å². The first-order valence-electron chi connectivity index (χ1n) is 6.31. The van der Waals surface area contributed by atoms with Gasteiger partial charge in [0.05, 0.1) is 0 Å². The van der Waals surface area contributed by atoms with E-state index in [9.17, 15) is 4.79 Å². The number of carbonyl (C=O) groups is 1. The van der Waals surface area contributed by atoms with Gasteiger partial charge in [0, 0.05) is 23.9 Å². The van der Waals surface area contributed by atoms with Crippen molar-refractivity contribution >= 4 is 29.7 Å². The third-order valence-electron chi connectivity index (χ3n) is 3.20. The van der Waals surface area contributed by atoms with Crippen molar-refractivity contribution in [2.45, 2.75) is 38.1 Å². The van der Waals surface area contributed by atoms with E-state index in [0.29, 0.717) is 18.9 Å². The molecule has 1 saturated carbocycles. The molecule has 18 heavy (non-hydrogen) atoms. The Balaban J connectivity index is 0.00000162. The third-order valence-corrected chi connectivity index (χ3v) is 4.13. The van der Waals surface area contributed by atoms with Gasteiger partial charge < -0.3 is 11.1 Å². The Kier molecular flexibility index (Phi) is 6.68. The Bertz CT molecular complexity index is 352. The molecular formula is C13H21ClN2OS. The highest BCUT2D eigenvalue weighted by Crippen LogP contribution is 2.32. The van der Waals surface area contributed by atoms with Crippen molar-refractivity contribution in [3.63, 3.8) is 0 Å². The fourth-order valence-corrected chi connectivity index (χ4v) is 2.78. The van der Waals surface area contributed by atoms with Gasteiger partial charge >= 0.3 is 0 Å². The number of rotatable bonds is 7. The van der Waals surface area contributed by atoms with Crippen LogP contribution >= 0.6 is 23.7 Å². The van der Waals surface area contributed by atoms with Crippen LogP contribution in [0.15, 0.2) is 17.5 Å². The van der Waals surface area contributed by atoms with E-state index in [1.54, 1.807) is 11.3 Å². The predicted octanol–water partition coefficient (Wildman–Crippen LogP) is 2.35. The summed E-state index contributed by atoms with van der Waals surface area (Å²) >= 11 is 1.76. The zero-order valence-corrected chi connectivity index (χ0v) is 12.1. The summed E-state index contributed by atoms with van der Waals surface area (Å²) in [6.45, 7) is 0.571. The van der Waals surface area contributed by atoms with Crippen molar-refractivity contribution < 1.29 is 4.79 Å². The van der Waals surface area contributed by atoms with Gasteiger partial charge in [-0.25, -0.2) is 0 Å². The number of thiophene rings is 1. The van der Waals surface area contributed by atoms with E-state index in [4.69, 9.17) is 5.73 Å². The Morgan fingerprint density at radius 3 is 2.89 bits per heavy atom. The number of nitrogens with two attached hydrogens (primary N) is 1. The Hall–Kier alpha value is -0.580. The lowest BCUT2D eigenvalue weighted by molar-refractivity contribution is -0.122. The quantitative estimate of drug-likeness (QED) is 0.809. The van der Waals surface area contributed by atoms with Crippen molar-refractivity contribution in [2.75, 3.05) is 6.54 Å². The van der Waals surface area contributed by atoms with Gasteiger partial charge in [0.15, 0.2) is 0 Å². The fraction of sp³-hybridized carbons (Fsp3) is 0.615. The second kappa shape index (κ2) is 7.77. The molecule has 102 valence electrons. The second-order valence-corrected chi connectivity index (χ2v) is 5.71. The predicted molar refractivity (Wildman–Crippen MR) is 78.2 cm³/mol. The molecule has 3 nitrogen and oxygen atoms in total. The monoisotopic (exact) mass is 288 g/mol. The van der Waals surface area contributed by atoms with Crippen LogP contribution < -0.4 is 11.1 Å². The molecule has 1 amide bonds. The number of hydrogen-bond donors (Lipinski definition) is 2. The SMILES string of the molecule is Cl.NCC(NC(=O)CCCc1cccs1)C1CC1. The van der Waals surface area contributed by atoms with Gasteiger partial charge in [0.2, 0.25) is 5.91 Å². The van der Waals surface area contributed by atoms with Crippen molar-refractivity contribution in [3.8, 4) is 0 Å². The number of hydrogen-bond acceptors (Lipinski definition) is 3. The van der Waals surface area contributed by atoms with Crippen molar-refractivity contribution in [1.29, 1.82) is 0 Å². The summed E-state index contributed by atoms with van der Waals surface area (Å²) in [5, 5.41) is 5.12. The summed E-state index contributed by atoms with van der Waals surface area (Å²) in [7, 11) is 0. The lowest BCUT2D eigenvalue weighted by atomic mass is 10.1. The summed E-state index contributed by atoms with van der Waals surface area (Å²) < 4.78 is 0. The summed E-state index contributed by atoms with van der Waals surface area (Å²) in [5.74, 6) is 0.796. The van der Waals surface area contributed by atoms with E-state index >= 15 is 0 Å². The van der Waals surface area contributed by atoms with Crippen LogP contribution in [0, 0.1) is 5.92 Å². The molecular weight excluding hydrogens is 268 g/mol. The van der Waals surface area contributed by atoms with E-state index in [-0.39, 0.29) is 24.4 Å². The van der Waals surface area contributed by atoms with Gasteiger partial charge in [0.25, 0.3) is 0 Å². The third kappa shape index (κ3) is 4.96. The van der Waals surface area contributed by atoms with Crippen LogP contribution in [0.1, 0.15) is 30.6 Å². The smallest absolute Gasteiger partial charge is 0.220 e. The molecule has 0 bridgehead atoms. The van der Waals surface area contributed by atoms with Crippen molar-refractivity contribution in [1.82, 2.24) is 5.32 Å². The highest BCUT2D eigenvalue weighted by Gasteiger charge is 2.30. The van der Waals surface area contributed by atoms with Gasteiger partial charge in [0.1, 0.15) is 0 Å². The van der Waals surface area contributed by atoms with Crippen LogP contribution in [0.3, 0.4) is 0 Å². The molecule has 2 rings (SSSR count). The van der Waals surface area contributed by atoms with Crippen LogP contribution in [-0.4, -0.2) is 18.5 Å². The number of halogens is 1. The normalized spacial score (nSPS) is 15.8. The van der Waals surface area contributed by atoms with Crippen LogP contribution in [-0.2, 0) is 11.2 Å². The molecule has 1 heterocycles. The molecule has 0 aromatic carbocycles. The highest BCUT2D eigenvalue weighted by atomic mass is 35.5. The molecule has 0 radical (unpaired) electrons. The van der Waals surface area contributed by atoms with E-state index < -0.39 is 0 Å². The fourth-order valence-electron chi connectivity index (χ4n) is 2.02. The van der Waals surface area contributed by atoms with E-state index in [1.165, 1.54) is 17.7 Å². The molecule has 1 aliphatic rings. The van der Waals surface area contributed by atoms with Gasteiger partial charge in [-0.1, -0.05) is 6.07 Å². The zero-order chi connectivity index (χ0) is 12.1. The largest absolute Gasteiger partial charge is 0.352 e. The minimum absolute atomic E-state index is 0. The average molecular weight is 289 g/mol. The maximum atomic E-state index is 11.7. The summed E-state index contributed by atoms with van der Waals surface area (Å²) in [6, 6.07) is 4.39. The standard InChI is InChI=1S/C13H20N2OS.ClH/c14-9-12(10-6-7-10)15-13(16)5-1-3-11-4-2-8-17-11;/h2,4,8,10,12H,1,3,5-7,9,14H2,(H,15,16);1H. The van der Waals surface area contributed by atoms with Crippen LogP contribution in [0.25, 0.3) is 0 Å². The van der Waals surface area contributed by atoms with Crippen LogP contribution in [0.2, 0.25) is 0 Å². The van der Waals surface area contributed by atoms with E-state index in [1.807, 2.05) is 0 Å². The average Bonchev–Trinajstić information content (AvgIpc) is 3.04. The van der Waals surface area contributed by atoms with Crippen LogP contribution in [0.4, 0.5) is 0 Å². The summed E-state index contributed by atoms with van der Waals surface area (Å²) in [5.41, 5.74) is 5.65. The van der Waals surface area contributed by atoms with Crippen molar-refractivity contribution in [3.05, 3.63) is 22.4 Å². The molecule has 1 aliphatic carbocycles. The molecule has 0 spiro atoms. The molecule has 1 aromatic heterocycles. The maximum Gasteiger partial charge on any atom is 0.220 e. The first-order valence-corrected chi connectivity index (χ1v) is 7.19. The van der Waals surface area contributed by atoms with Gasteiger partial charge in [-0.2, -0.15) is 0 Å². The molecule has 1 fully saturated rings. The minimum atomic E-state index is 0. The van der Waals surface area contributed by atoms with Gasteiger partial charge in [-0.3, -0.25) is 4.79 Å². The molecule has 0 saturated heterocycles. The lowest BCUT2D eigenvalue weighted by Gasteiger charge is -2.15. The minimum Gasteiger partial charge on any atom is -0.352 e. The van der Waals surface area contributed by atoms with Gasteiger partial charge in [-0.15, -0.1) is 23.7 Å². The topological polar surface area (TPSA) is 55.1 Å². The summed E-state index contributed by atoms with van der Waals surface area (Å²) in [6.07, 6.45) is 4.98. The van der Waals surface area contributed by atoms with Crippen LogP contribution in [0.5, 0.6) is 0 Å². The zero-order valence-electron chi connectivity index (χ0n) is 10.4. The highest BCUT2D eigenvalue weighted by molar-refractivity contribution is 7.09. The number of aryl methyl sites for hydroxylation is 1.